The highest BCUT2D eigenvalue weighted by Gasteiger charge is 2.19. The van der Waals surface area contributed by atoms with Crippen LogP contribution in [0.4, 0.5) is 5.82 Å². The number of halogens is 1. The fourth-order valence-electron chi connectivity index (χ4n) is 1.75. The number of rotatable bonds is 2. The molecule has 0 aromatic carbocycles. The molecule has 0 saturated carbocycles. The van der Waals surface area contributed by atoms with Crippen molar-refractivity contribution < 1.29 is 4.74 Å². The van der Waals surface area contributed by atoms with E-state index < -0.39 is 0 Å². The Bertz CT molecular complexity index is 311. The van der Waals surface area contributed by atoms with Crippen LogP contribution in [0.5, 0.6) is 0 Å². The Hall–Kier alpha value is -0.680. The maximum atomic E-state index is 5.33. The standard InChI is InChI=1S/C10H14BrN3O/c1-14(8-2-4-15-5-3-8)10-7-12-9(11)6-13-10/h6-8H,2-5H2,1H3. The molecule has 2 rings (SSSR count). The van der Waals surface area contributed by atoms with E-state index in [1.165, 1.54) is 0 Å². The van der Waals surface area contributed by atoms with Crippen LogP contribution in [0.25, 0.3) is 0 Å². The summed E-state index contributed by atoms with van der Waals surface area (Å²) in [7, 11) is 2.06. The molecular weight excluding hydrogens is 258 g/mol. The zero-order chi connectivity index (χ0) is 10.7. The van der Waals surface area contributed by atoms with Gasteiger partial charge in [0.05, 0.1) is 12.4 Å². The van der Waals surface area contributed by atoms with E-state index >= 15 is 0 Å². The molecule has 0 aliphatic carbocycles. The van der Waals surface area contributed by atoms with Crippen molar-refractivity contribution in [1.29, 1.82) is 0 Å². The average molecular weight is 272 g/mol. The molecule has 2 heterocycles. The molecule has 1 aromatic rings. The Kier molecular flexibility index (Phi) is 3.53. The summed E-state index contributed by atoms with van der Waals surface area (Å²) in [5.74, 6) is 0.921. The van der Waals surface area contributed by atoms with Crippen LogP contribution in [0.15, 0.2) is 17.0 Å². The van der Waals surface area contributed by atoms with E-state index in [0.29, 0.717) is 6.04 Å². The minimum Gasteiger partial charge on any atom is -0.381 e. The Morgan fingerprint density at radius 3 is 2.67 bits per heavy atom. The lowest BCUT2D eigenvalue weighted by atomic mass is 10.1. The van der Waals surface area contributed by atoms with Gasteiger partial charge in [0, 0.05) is 26.3 Å². The van der Waals surface area contributed by atoms with Gasteiger partial charge in [0.1, 0.15) is 10.4 Å². The second-order valence-corrected chi connectivity index (χ2v) is 4.46. The molecule has 4 nitrogen and oxygen atoms in total. The molecule has 1 aliphatic heterocycles. The van der Waals surface area contributed by atoms with E-state index in [0.717, 1.165) is 36.5 Å². The molecule has 5 heteroatoms. The number of hydrogen-bond donors (Lipinski definition) is 0. The lowest BCUT2D eigenvalue weighted by Gasteiger charge is -2.31. The molecular formula is C10H14BrN3O. The lowest BCUT2D eigenvalue weighted by Crippen LogP contribution is -2.37. The monoisotopic (exact) mass is 271 g/mol. The van der Waals surface area contributed by atoms with Crippen LogP contribution in [0.3, 0.4) is 0 Å². The minimum absolute atomic E-state index is 0.522. The van der Waals surface area contributed by atoms with Gasteiger partial charge in [-0.25, -0.2) is 9.97 Å². The van der Waals surface area contributed by atoms with Crippen molar-refractivity contribution in [1.82, 2.24) is 9.97 Å². The molecule has 0 unspecified atom stereocenters. The number of aromatic nitrogens is 2. The van der Waals surface area contributed by atoms with Gasteiger partial charge >= 0.3 is 0 Å². The first-order chi connectivity index (χ1) is 7.27. The number of anilines is 1. The summed E-state index contributed by atoms with van der Waals surface area (Å²) in [6, 6.07) is 0.522. The van der Waals surface area contributed by atoms with Crippen LogP contribution < -0.4 is 4.90 Å². The Labute approximate surface area is 97.8 Å². The first kappa shape index (κ1) is 10.8. The van der Waals surface area contributed by atoms with Gasteiger partial charge in [-0.2, -0.15) is 0 Å². The van der Waals surface area contributed by atoms with Gasteiger partial charge in [0.2, 0.25) is 0 Å². The quantitative estimate of drug-likeness (QED) is 0.823. The SMILES string of the molecule is CN(c1cnc(Br)cn1)C1CCOCC1. The van der Waals surface area contributed by atoms with Crippen molar-refractivity contribution in [2.75, 3.05) is 25.2 Å². The van der Waals surface area contributed by atoms with Crippen LogP contribution in [0.1, 0.15) is 12.8 Å². The van der Waals surface area contributed by atoms with Gasteiger partial charge < -0.3 is 9.64 Å². The van der Waals surface area contributed by atoms with E-state index in [-0.39, 0.29) is 0 Å². The predicted molar refractivity (Wildman–Crippen MR) is 62.0 cm³/mol. The zero-order valence-electron chi connectivity index (χ0n) is 8.69. The third kappa shape index (κ3) is 2.66. The van der Waals surface area contributed by atoms with Crippen LogP contribution in [-0.2, 0) is 4.74 Å². The van der Waals surface area contributed by atoms with Crippen molar-refractivity contribution in [3.63, 3.8) is 0 Å². The van der Waals surface area contributed by atoms with E-state index in [1.54, 1.807) is 12.4 Å². The maximum Gasteiger partial charge on any atom is 0.147 e. The normalized spacial score (nSPS) is 17.7. The molecule has 0 bridgehead atoms. The Balaban J connectivity index is 2.05. The van der Waals surface area contributed by atoms with Gasteiger partial charge in [-0.15, -0.1) is 0 Å². The van der Waals surface area contributed by atoms with Crippen molar-refractivity contribution in [2.45, 2.75) is 18.9 Å². The smallest absolute Gasteiger partial charge is 0.147 e. The summed E-state index contributed by atoms with van der Waals surface area (Å²) >= 11 is 3.28. The van der Waals surface area contributed by atoms with Crippen LogP contribution in [-0.4, -0.2) is 36.3 Å². The second-order valence-electron chi connectivity index (χ2n) is 3.65. The zero-order valence-corrected chi connectivity index (χ0v) is 10.3. The molecule has 1 aromatic heterocycles. The van der Waals surface area contributed by atoms with Crippen LogP contribution in [0.2, 0.25) is 0 Å². The topological polar surface area (TPSA) is 38.2 Å². The van der Waals surface area contributed by atoms with E-state index in [4.69, 9.17) is 4.74 Å². The van der Waals surface area contributed by atoms with Crippen LogP contribution in [0, 0.1) is 0 Å². The van der Waals surface area contributed by atoms with Gasteiger partial charge in [-0.05, 0) is 28.8 Å². The molecule has 0 amide bonds. The summed E-state index contributed by atoms with van der Waals surface area (Å²) in [5, 5.41) is 0. The molecule has 1 aliphatic rings. The summed E-state index contributed by atoms with van der Waals surface area (Å²) < 4.78 is 6.10. The summed E-state index contributed by atoms with van der Waals surface area (Å²) in [5.41, 5.74) is 0. The van der Waals surface area contributed by atoms with E-state index in [9.17, 15) is 0 Å². The van der Waals surface area contributed by atoms with E-state index in [1.807, 2.05) is 0 Å². The average Bonchev–Trinajstić information content (AvgIpc) is 2.30. The largest absolute Gasteiger partial charge is 0.381 e. The second kappa shape index (κ2) is 4.90. The lowest BCUT2D eigenvalue weighted by molar-refractivity contribution is 0.0853. The van der Waals surface area contributed by atoms with Crippen molar-refractivity contribution in [2.24, 2.45) is 0 Å². The summed E-state index contributed by atoms with van der Waals surface area (Å²) in [6.07, 6.45) is 5.65. The molecule has 0 spiro atoms. The molecule has 0 atom stereocenters. The highest BCUT2D eigenvalue weighted by Crippen LogP contribution is 2.18. The van der Waals surface area contributed by atoms with Gasteiger partial charge in [-0.3, -0.25) is 0 Å². The Morgan fingerprint density at radius 2 is 2.07 bits per heavy atom. The Morgan fingerprint density at radius 1 is 1.33 bits per heavy atom. The number of nitrogens with zero attached hydrogens (tertiary/aromatic N) is 3. The third-order valence-corrected chi connectivity index (χ3v) is 3.12. The minimum atomic E-state index is 0.522. The van der Waals surface area contributed by atoms with Gasteiger partial charge in [0.25, 0.3) is 0 Å². The summed E-state index contributed by atoms with van der Waals surface area (Å²) in [4.78, 5) is 10.7. The fraction of sp³-hybridized carbons (Fsp3) is 0.600. The fourth-order valence-corrected chi connectivity index (χ4v) is 1.95. The van der Waals surface area contributed by atoms with E-state index in [2.05, 4.69) is 37.8 Å². The molecule has 82 valence electrons. The molecule has 15 heavy (non-hydrogen) atoms. The maximum absolute atomic E-state index is 5.33. The molecule has 1 saturated heterocycles. The van der Waals surface area contributed by atoms with Crippen molar-refractivity contribution in [3.05, 3.63) is 17.0 Å². The molecule has 0 N–H and O–H groups in total. The first-order valence-corrected chi connectivity index (χ1v) is 5.85. The van der Waals surface area contributed by atoms with Crippen LogP contribution >= 0.6 is 15.9 Å². The molecule has 0 radical (unpaired) electrons. The highest BCUT2D eigenvalue weighted by molar-refractivity contribution is 9.10. The van der Waals surface area contributed by atoms with Gasteiger partial charge in [-0.1, -0.05) is 0 Å². The van der Waals surface area contributed by atoms with Crippen molar-refractivity contribution in [3.8, 4) is 0 Å². The number of hydrogen-bond acceptors (Lipinski definition) is 4. The first-order valence-electron chi connectivity index (χ1n) is 5.05. The highest BCUT2D eigenvalue weighted by atomic mass is 79.9. The summed E-state index contributed by atoms with van der Waals surface area (Å²) in [6.45, 7) is 1.69. The number of ether oxygens (including phenoxy) is 1. The third-order valence-electron chi connectivity index (χ3n) is 2.71. The van der Waals surface area contributed by atoms with Gasteiger partial charge in [0.15, 0.2) is 0 Å². The predicted octanol–water partition coefficient (Wildman–Crippen LogP) is 1.85. The van der Waals surface area contributed by atoms with Crippen molar-refractivity contribution >= 4 is 21.7 Å². The molecule has 1 fully saturated rings.